The fourth-order valence-corrected chi connectivity index (χ4v) is 3.11. The molecule has 1 heterocycles. The van der Waals surface area contributed by atoms with E-state index in [9.17, 15) is 5.11 Å². The van der Waals surface area contributed by atoms with Gasteiger partial charge in [0.1, 0.15) is 0 Å². The van der Waals surface area contributed by atoms with Crippen LogP contribution in [0.25, 0.3) is 0 Å². The number of aliphatic hydroxyl groups excluding tert-OH is 1. The highest BCUT2D eigenvalue weighted by Crippen LogP contribution is 2.51. The summed E-state index contributed by atoms with van der Waals surface area (Å²) in [6.45, 7) is 4.59. The molecule has 1 unspecified atom stereocenters. The minimum absolute atomic E-state index is 0.0249. The van der Waals surface area contributed by atoms with Gasteiger partial charge in [-0.05, 0) is 31.1 Å². The van der Waals surface area contributed by atoms with Gasteiger partial charge in [0.15, 0.2) is 6.29 Å². The topological polar surface area (TPSA) is 29.5 Å². The van der Waals surface area contributed by atoms with Gasteiger partial charge in [0, 0.05) is 0 Å². The zero-order chi connectivity index (χ0) is 10.2. The molecule has 1 saturated carbocycles. The third-order valence-electron chi connectivity index (χ3n) is 4.27. The third kappa shape index (κ3) is 1.59. The maximum atomic E-state index is 9.64. The molecule has 0 aromatic heterocycles. The average molecular weight is 198 g/mol. The van der Waals surface area contributed by atoms with Crippen molar-refractivity contribution in [3.8, 4) is 0 Å². The Kier molecular flexibility index (Phi) is 2.61. The second kappa shape index (κ2) is 3.49. The Bertz CT molecular complexity index is 204. The van der Waals surface area contributed by atoms with Crippen molar-refractivity contribution < 1.29 is 9.84 Å². The van der Waals surface area contributed by atoms with Crippen molar-refractivity contribution in [2.24, 2.45) is 5.41 Å². The van der Waals surface area contributed by atoms with Crippen LogP contribution in [0.15, 0.2) is 0 Å². The molecule has 2 aliphatic rings. The first-order valence-electron chi connectivity index (χ1n) is 5.92. The van der Waals surface area contributed by atoms with Crippen LogP contribution in [0, 0.1) is 5.41 Å². The van der Waals surface area contributed by atoms with E-state index in [1.807, 2.05) is 0 Å². The molecule has 1 atom stereocenters. The van der Waals surface area contributed by atoms with Crippen molar-refractivity contribution in [3.05, 3.63) is 0 Å². The van der Waals surface area contributed by atoms with E-state index in [2.05, 4.69) is 13.8 Å². The lowest BCUT2D eigenvalue weighted by atomic mass is 9.63. The summed E-state index contributed by atoms with van der Waals surface area (Å²) in [4.78, 5) is 0. The molecular formula is C12H22O2. The molecule has 1 N–H and O–H groups in total. The summed E-state index contributed by atoms with van der Waals surface area (Å²) < 4.78 is 5.89. The molecule has 0 bridgehead atoms. The van der Waals surface area contributed by atoms with Crippen LogP contribution in [0.2, 0.25) is 0 Å². The first-order valence-corrected chi connectivity index (χ1v) is 5.92. The molecule has 1 aliphatic heterocycles. The molecule has 0 aromatic rings. The van der Waals surface area contributed by atoms with Gasteiger partial charge in [0.05, 0.1) is 5.60 Å². The molecule has 1 spiro atoms. The Morgan fingerprint density at radius 3 is 2.36 bits per heavy atom. The van der Waals surface area contributed by atoms with Crippen LogP contribution in [0.3, 0.4) is 0 Å². The first-order chi connectivity index (χ1) is 6.56. The summed E-state index contributed by atoms with van der Waals surface area (Å²) in [5.74, 6) is 0. The summed E-state index contributed by atoms with van der Waals surface area (Å²) >= 11 is 0. The lowest BCUT2D eigenvalue weighted by molar-refractivity contribution is -0.269. The second-order valence-corrected chi connectivity index (χ2v) is 5.55. The molecule has 82 valence electrons. The van der Waals surface area contributed by atoms with Gasteiger partial charge in [-0.1, -0.05) is 33.1 Å². The summed E-state index contributed by atoms with van der Waals surface area (Å²) in [5.41, 5.74) is 0.218. The van der Waals surface area contributed by atoms with Gasteiger partial charge in [-0.25, -0.2) is 0 Å². The quantitative estimate of drug-likeness (QED) is 0.648. The molecule has 2 fully saturated rings. The Labute approximate surface area is 86.6 Å². The predicted molar refractivity (Wildman–Crippen MR) is 55.9 cm³/mol. The van der Waals surface area contributed by atoms with Crippen LogP contribution in [0.5, 0.6) is 0 Å². The lowest BCUT2D eigenvalue weighted by Gasteiger charge is -2.53. The minimum Gasteiger partial charge on any atom is -0.368 e. The van der Waals surface area contributed by atoms with Gasteiger partial charge in [0.25, 0.3) is 0 Å². The predicted octanol–water partition coefficient (Wildman–Crippen LogP) is 2.84. The molecule has 1 saturated heterocycles. The maximum absolute atomic E-state index is 9.64. The highest BCUT2D eigenvalue weighted by Gasteiger charge is 2.50. The fraction of sp³-hybridized carbons (Fsp3) is 1.00. The third-order valence-corrected chi connectivity index (χ3v) is 4.27. The molecule has 14 heavy (non-hydrogen) atoms. The van der Waals surface area contributed by atoms with Gasteiger partial charge >= 0.3 is 0 Å². The van der Waals surface area contributed by atoms with Gasteiger partial charge in [-0.15, -0.1) is 0 Å². The standard InChI is InChI=1S/C12H22O2/c1-11(2)9-6-10(13)14-12(11)7-4-3-5-8-12/h10,13H,3-9H2,1-2H3. The highest BCUT2D eigenvalue weighted by atomic mass is 16.6. The van der Waals surface area contributed by atoms with E-state index in [4.69, 9.17) is 4.74 Å². The molecule has 2 heteroatoms. The van der Waals surface area contributed by atoms with Crippen LogP contribution in [-0.2, 0) is 4.74 Å². The number of rotatable bonds is 0. The number of hydrogen-bond acceptors (Lipinski definition) is 2. The van der Waals surface area contributed by atoms with Gasteiger partial charge in [-0.2, -0.15) is 0 Å². The molecule has 0 amide bonds. The van der Waals surface area contributed by atoms with E-state index in [-0.39, 0.29) is 11.0 Å². The lowest BCUT2D eigenvalue weighted by Crippen LogP contribution is -2.54. The number of ether oxygens (including phenoxy) is 1. The van der Waals surface area contributed by atoms with E-state index in [0.29, 0.717) is 0 Å². The van der Waals surface area contributed by atoms with Gasteiger partial charge < -0.3 is 9.84 Å². The zero-order valence-electron chi connectivity index (χ0n) is 9.38. The van der Waals surface area contributed by atoms with E-state index in [1.165, 1.54) is 19.3 Å². The Morgan fingerprint density at radius 2 is 1.71 bits per heavy atom. The summed E-state index contributed by atoms with van der Waals surface area (Å²) in [7, 11) is 0. The van der Waals surface area contributed by atoms with Crippen molar-refractivity contribution in [3.63, 3.8) is 0 Å². The molecule has 1 aliphatic carbocycles. The van der Waals surface area contributed by atoms with Crippen LogP contribution < -0.4 is 0 Å². The molecular weight excluding hydrogens is 176 g/mol. The summed E-state index contributed by atoms with van der Waals surface area (Å²) in [6, 6.07) is 0. The van der Waals surface area contributed by atoms with E-state index in [0.717, 1.165) is 25.7 Å². The van der Waals surface area contributed by atoms with Gasteiger partial charge in [-0.3, -0.25) is 0 Å². The zero-order valence-corrected chi connectivity index (χ0v) is 9.38. The van der Waals surface area contributed by atoms with Crippen molar-refractivity contribution in [1.82, 2.24) is 0 Å². The second-order valence-electron chi connectivity index (χ2n) is 5.55. The van der Waals surface area contributed by atoms with Crippen molar-refractivity contribution >= 4 is 0 Å². The Hall–Kier alpha value is -0.0800. The van der Waals surface area contributed by atoms with Gasteiger partial charge in [0.2, 0.25) is 0 Å². The normalized spacial score (nSPS) is 35.8. The van der Waals surface area contributed by atoms with Crippen molar-refractivity contribution in [2.45, 2.75) is 70.7 Å². The molecule has 0 radical (unpaired) electrons. The Morgan fingerprint density at radius 1 is 1.07 bits per heavy atom. The molecule has 2 nitrogen and oxygen atoms in total. The maximum Gasteiger partial charge on any atom is 0.155 e. The number of aliphatic hydroxyl groups is 1. The van der Waals surface area contributed by atoms with E-state index in [1.54, 1.807) is 0 Å². The van der Waals surface area contributed by atoms with Crippen LogP contribution in [0.1, 0.15) is 58.8 Å². The van der Waals surface area contributed by atoms with Crippen molar-refractivity contribution in [1.29, 1.82) is 0 Å². The first kappa shape index (κ1) is 10.4. The van der Waals surface area contributed by atoms with Crippen molar-refractivity contribution in [2.75, 3.05) is 0 Å². The van der Waals surface area contributed by atoms with Crippen LogP contribution >= 0.6 is 0 Å². The number of hydrogen-bond donors (Lipinski definition) is 1. The minimum atomic E-state index is -0.513. The SMILES string of the molecule is CC1(C)CCC(O)OC12CCCCC2. The molecule has 0 aromatic carbocycles. The molecule has 2 rings (SSSR count). The summed E-state index contributed by atoms with van der Waals surface area (Å²) in [5, 5.41) is 9.64. The van der Waals surface area contributed by atoms with E-state index < -0.39 is 6.29 Å². The highest BCUT2D eigenvalue weighted by molar-refractivity contribution is 4.99. The van der Waals surface area contributed by atoms with E-state index >= 15 is 0 Å². The summed E-state index contributed by atoms with van der Waals surface area (Å²) in [6.07, 6.45) is 7.50. The van der Waals surface area contributed by atoms with Crippen LogP contribution in [0.4, 0.5) is 0 Å². The largest absolute Gasteiger partial charge is 0.368 e. The Balaban J connectivity index is 2.18. The van der Waals surface area contributed by atoms with Crippen LogP contribution in [-0.4, -0.2) is 17.0 Å². The fourth-order valence-electron chi connectivity index (χ4n) is 3.11. The average Bonchev–Trinajstić information content (AvgIpc) is 2.14. The monoisotopic (exact) mass is 198 g/mol. The smallest absolute Gasteiger partial charge is 0.155 e.